The molecule has 41 heavy (non-hydrogen) atoms. The van der Waals surface area contributed by atoms with E-state index < -0.39 is 24.7 Å². The number of pyridine rings is 1. The van der Waals surface area contributed by atoms with Gasteiger partial charge in [0.15, 0.2) is 0 Å². The summed E-state index contributed by atoms with van der Waals surface area (Å²) in [7, 11) is 2.69. The molecule has 0 unspecified atom stereocenters. The second kappa shape index (κ2) is 19.0. The second-order valence-corrected chi connectivity index (χ2v) is 11.6. The number of thioether (sulfide) groups is 1. The van der Waals surface area contributed by atoms with Crippen LogP contribution in [0.15, 0.2) is 40.1 Å². The van der Waals surface area contributed by atoms with E-state index in [0.29, 0.717) is 22.2 Å². The SMILES string of the molecule is CCCCCCCCCCCCCCC=C(Sc1ccc2cc(C(=O)OC)c(OC)nc2c1)[C@H](O)CCC(F)(F)F. The Hall–Kier alpha value is -2.26. The lowest BCUT2D eigenvalue weighted by molar-refractivity contribution is -0.138. The number of methoxy groups -OCH3 is 2. The fraction of sp³-hybridized carbons (Fsp3) is 0.625. The number of halogens is 3. The summed E-state index contributed by atoms with van der Waals surface area (Å²) >= 11 is 1.25. The minimum Gasteiger partial charge on any atom is -0.480 e. The van der Waals surface area contributed by atoms with Crippen molar-refractivity contribution < 1.29 is 32.5 Å². The molecule has 0 aliphatic rings. The van der Waals surface area contributed by atoms with Crippen LogP contribution in [0.3, 0.4) is 0 Å². The van der Waals surface area contributed by atoms with Crippen LogP contribution < -0.4 is 4.74 Å². The minimum absolute atomic E-state index is 0.124. The van der Waals surface area contributed by atoms with Gasteiger partial charge >= 0.3 is 12.1 Å². The highest BCUT2D eigenvalue weighted by Crippen LogP contribution is 2.35. The summed E-state index contributed by atoms with van der Waals surface area (Å²) in [6, 6.07) is 6.99. The number of unbranched alkanes of at least 4 members (excludes halogenated alkanes) is 12. The normalized spacial score (nSPS) is 13.0. The maximum absolute atomic E-state index is 12.8. The van der Waals surface area contributed by atoms with Crippen molar-refractivity contribution >= 4 is 28.6 Å². The first-order valence-electron chi connectivity index (χ1n) is 14.9. The van der Waals surface area contributed by atoms with Crippen LogP contribution in [0.1, 0.15) is 114 Å². The first kappa shape index (κ1) is 34.9. The van der Waals surface area contributed by atoms with Gasteiger partial charge in [-0.2, -0.15) is 13.2 Å². The molecular weight excluding hydrogens is 551 g/mol. The molecule has 0 fully saturated rings. The maximum atomic E-state index is 12.8. The van der Waals surface area contributed by atoms with E-state index in [1.165, 1.54) is 83.8 Å². The van der Waals surface area contributed by atoms with Gasteiger partial charge in [0.25, 0.3) is 0 Å². The Bertz CT molecular complexity index is 1090. The number of hydrogen-bond donors (Lipinski definition) is 1. The Kier molecular flexibility index (Phi) is 16.2. The van der Waals surface area contributed by atoms with Crippen LogP contribution in [0.25, 0.3) is 10.9 Å². The predicted octanol–water partition coefficient (Wildman–Crippen LogP) is 9.80. The summed E-state index contributed by atoms with van der Waals surface area (Å²) in [5, 5.41) is 11.4. The van der Waals surface area contributed by atoms with Gasteiger partial charge < -0.3 is 14.6 Å². The van der Waals surface area contributed by atoms with Crippen LogP contribution in [-0.2, 0) is 4.74 Å². The van der Waals surface area contributed by atoms with Crippen molar-refractivity contribution in [3.8, 4) is 5.88 Å². The largest absolute Gasteiger partial charge is 0.480 e. The van der Waals surface area contributed by atoms with Crippen LogP contribution in [0.5, 0.6) is 5.88 Å². The monoisotopic (exact) mass is 597 g/mol. The van der Waals surface area contributed by atoms with Crippen molar-refractivity contribution in [2.45, 2.75) is 120 Å². The molecule has 0 aliphatic carbocycles. The molecule has 0 spiro atoms. The van der Waals surface area contributed by atoms with E-state index in [4.69, 9.17) is 9.47 Å². The number of aromatic nitrogens is 1. The molecule has 230 valence electrons. The molecule has 0 saturated carbocycles. The van der Waals surface area contributed by atoms with Crippen molar-refractivity contribution in [2.75, 3.05) is 14.2 Å². The lowest BCUT2D eigenvalue weighted by Gasteiger charge is -2.16. The molecule has 0 amide bonds. The minimum atomic E-state index is -4.33. The first-order chi connectivity index (χ1) is 19.7. The molecule has 1 N–H and O–H groups in total. The molecule has 1 aromatic heterocycles. The van der Waals surface area contributed by atoms with Crippen molar-refractivity contribution in [3.05, 3.63) is 40.8 Å². The molecule has 9 heteroatoms. The topological polar surface area (TPSA) is 68.7 Å². The van der Waals surface area contributed by atoms with Gasteiger partial charge in [-0.15, -0.1) is 0 Å². The summed E-state index contributed by atoms with van der Waals surface area (Å²) in [4.78, 5) is 17.7. The summed E-state index contributed by atoms with van der Waals surface area (Å²) < 4.78 is 48.6. The van der Waals surface area contributed by atoms with Crippen LogP contribution in [0.2, 0.25) is 0 Å². The highest BCUT2D eigenvalue weighted by atomic mass is 32.2. The smallest absolute Gasteiger partial charge is 0.389 e. The van der Waals surface area contributed by atoms with Crippen LogP contribution in [0, 0.1) is 0 Å². The van der Waals surface area contributed by atoms with Gasteiger partial charge in [0, 0.05) is 21.6 Å². The number of nitrogens with zero attached hydrogens (tertiary/aromatic N) is 1. The number of aliphatic hydroxyl groups is 1. The van der Waals surface area contributed by atoms with Gasteiger partial charge in [-0.05, 0) is 37.5 Å². The van der Waals surface area contributed by atoms with E-state index in [1.807, 2.05) is 6.08 Å². The number of fused-ring (bicyclic) bond motifs is 1. The van der Waals surface area contributed by atoms with Gasteiger partial charge in [0.1, 0.15) is 5.56 Å². The van der Waals surface area contributed by atoms with Gasteiger partial charge in [-0.3, -0.25) is 0 Å². The molecule has 0 saturated heterocycles. The van der Waals surface area contributed by atoms with Gasteiger partial charge in [-0.25, -0.2) is 9.78 Å². The van der Waals surface area contributed by atoms with E-state index in [1.54, 1.807) is 24.3 Å². The number of carbonyl (C=O) groups is 1. The first-order valence-corrected chi connectivity index (χ1v) is 15.7. The molecule has 0 aliphatic heterocycles. The average Bonchev–Trinajstić information content (AvgIpc) is 2.96. The summed E-state index contributed by atoms with van der Waals surface area (Å²) in [5.74, 6) is -0.440. The number of benzene rings is 1. The fourth-order valence-electron chi connectivity index (χ4n) is 4.66. The molecule has 5 nitrogen and oxygen atoms in total. The summed E-state index contributed by atoms with van der Waals surface area (Å²) in [6.45, 7) is 2.23. The van der Waals surface area contributed by atoms with E-state index in [2.05, 4.69) is 11.9 Å². The third-order valence-corrected chi connectivity index (χ3v) is 8.19. The Labute approximate surface area is 247 Å². The lowest BCUT2D eigenvalue weighted by atomic mass is 10.0. The Morgan fingerprint density at radius 1 is 0.976 bits per heavy atom. The van der Waals surface area contributed by atoms with Crippen LogP contribution >= 0.6 is 11.8 Å². The molecule has 1 heterocycles. The Morgan fingerprint density at radius 2 is 1.59 bits per heavy atom. The third-order valence-electron chi connectivity index (χ3n) is 7.02. The van der Waals surface area contributed by atoms with Gasteiger partial charge in [0.05, 0.1) is 25.8 Å². The highest BCUT2D eigenvalue weighted by Gasteiger charge is 2.29. The molecule has 2 aromatic rings. The summed E-state index contributed by atoms with van der Waals surface area (Å²) in [6.07, 6.45) is 10.4. The second-order valence-electron chi connectivity index (χ2n) is 10.4. The number of ether oxygens (including phenoxy) is 2. The van der Waals surface area contributed by atoms with Crippen molar-refractivity contribution in [1.82, 2.24) is 4.98 Å². The maximum Gasteiger partial charge on any atom is 0.389 e. The molecule has 2 rings (SSSR count). The summed E-state index contributed by atoms with van der Waals surface area (Å²) in [5.41, 5.74) is 0.762. The quantitative estimate of drug-likeness (QED) is 0.0931. The zero-order chi connectivity index (χ0) is 30.1. The van der Waals surface area contributed by atoms with E-state index >= 15 is 0 Å². The third kappa shape index (κ3) is 13.5. The molecule has 0 radical (unpaired) electrons. The molecule has 0 bridgehead atoms. The van der Waals surface area contributed by atoms with Gasteiger partial charge in [0.2, 0.25) is 5.88 Å². The molecule has 1 atom stereocenters. The molecule has 1 aromatic carbocycles. The fourth-order valence-corrected chi connectivity index (χ4v) is 5.69. The highest BCUT2D eigenvalue weighted by molar-refractivity contribution is 8.03. The van der Waals surface area contributed by atoms with Crippen molar-refractivity contribution in [2.24, 2.45) is 0 Å². The Morgan fingerprint density at radius 3 is 2.15 bits per heavy atom. The van der Waals surface area contributed by atoms with E-state index in [-0.39, 0.29) is 17.9 Å². The molecular formula is C32H46F3NO4S. The number of aliphatic hydroxyl groups excluding tert-OH is 1. The number of alkyl halides is 3. The zero-order valence-electron chi connectivity index (χ0n) is 24.7. The Balaban J connectivity index is 1.97. The zero-order valence-corrected chi connectivity index (χ0v) is 25.5. The lowest BCUT2D eigenvalue weighted by Crippen LogP contribution is -2.15. The predicted molar refractivity (Wildman–Crippen MR) is 161 cm³/mol. The van der Waals surface area contributed by atoms with Crippen LogP contribution in [0.4, 0.5) is 13.2 Å². The average molecular weight is 598 g/mol. The number of esters is 1. The number of hydrogen-bond acceptors (Lipinski definition) is 6. The van der Waals surface area contributed by atoms with E-state index in [0.717, 1.165) is 24.2 Å². The standard InChI is InChI=1S/C32H46F3NO4S/c1-4-5-6-7-8-9-10-11-12-13-14-15-16-17-29(28(37)20-21-32(33,34)35)41-25-19-18-24-22-26(31(38)40-3)30(39-2)36-27(24)23-25/h17-19,22-23,28,37H,4-16,20-21H2,1-3H3/t28-/m1/s1. The van der Waals surface area contributed by atoms with Crippen molar-refractivity contribution in [1.29, 1.82) is 0 Å². The van der Waals surface area contributed by atoms with E-state index in [9.17, 15) is 23.1 Å². The van der Waals surface area contributed by atoms with Crippen LogP contribution in [-0.4, -0.2) is 42.6 Å². The van der Waals surface area contributed by atoms with Crippen molar-refractivity contribution in [3.63, 3.8) is 0 Å². The number of allylic oxidation sites excluding steroid dienone is 1. The number of rotatable bonds is 20. The number of carbonyl (C=O) groups excluding carboxylic acids is 1. The van der Waals surface area contributed by atoms with Gasteiger partial charge in [-0.1, -0.05) is 101 Å².